The van der Waals surface area contributed by atoms with E-state index in [4.69, 9.17) is 0 Å². The van der Waals surface area contributed by atoms with E-state index in [1.165, 1.54) is 16.6 Å². The van der Waals surface area contributed by atoms with E-state index in [1.54, 1.807) is 0 Å². The van der Waals surface area contributed by atoms with E-state index in [-0.39, 0.29) is 5.41 Å². The molecule has 0 N–H and O–H groups in total. The third kappa shape index (κ3) is 2.01. The minimum atomic E-state index is 0.117. The van der Waals surface area contributed by atoms with E-state index < -0.39 is 0 Å². The van der Waals surface area contributed by atoms with Gasteiger partial charge in [0, 0.05) is 6.20 Å². The van der Waals surface area contributed by atoms with E-state index in [9.17, 15) is 0 Å². The fraction of sp³-hybridized carbons (Fsp3) is 0.400. The van der Waals surface area contributed by atoms with Crippen LogP contribution in [-0.4, -0.2) is 25.2 Å². The number of hydrogen-bond donors (Lipinski definition) is 0. The Labute approximate surface area is 88.2 Å². The Morgan fingerprint density at radius 1 is 1.20 bits per heavy atom. The first kappa shape index (κ1) is 9.76. The lowest BCUT2D eigenvalue weighted by atomic mass is 9.88. The van der Waals surface area contributed by atoms with Crippen LogP contribution in [-0.2, 0) is 5.41 Å². The lowest BCUT2D eigenvalue weighted by molar-refractivity contribution is 0.586. The molecule has 0 bridgehead atoms. The molecule has 0 unspecified atom stereocenters. The summed E-state index contributed by atoms with van der Waals surface area (Å²) in [6, 6.07) is 3.96. The van der Waals surface area contributed by atoms with Gasteiger partial charge < -0.3 is 0 Å². The molecule has 0 saturated carbocycles. The summed E-state index contributed by atoms with van der Waals surface area (Å²) in [5.41, 5.74) is 1.31. The summed E-state index contributed by atoms with van der Waals surface area (Å²) >= 11 is 0. The molecule has 0 fully saturated rings. The second-order valence-electron chi connectivity index (χ2n) is 4.41. The summed E-state index contributed by atoms with van der Waals surface area (Å²) < 4.78 is 1.53. The van der Waals surface area contributed by atoms with E-state index in [2.05, 4.69) is 41.3 Å². The average molecular weight is 203 g/mol. The fourth-order valence-electron chi connectivity index (χ4n) is 1.23. The predicted octanol–water partition coefficient (Wildman–Crippen LogP) is 1.35. The van der Waals surface area contributed by atoms with Crippen LogP contribution >= 0.6 is 0 Å². The molecule has 0 aliphatic carbocycles. The standard InChI is InChI=1S/C10H13N5/c1-10(2,3)8-4-5-9(11-6-8)15-7-12-13-14-15/h4-7H,1-3H3. The minimum Gasteiger partial charge on any atom is -0.237 e. The van der Waals surface area contributed by atoms with E-state index in [1.807, 2.05) is 18.3 Å². The Balaban J connectivity index is 2.33. The van der Waals surface area contributed by atoms with Gasteiger partial charge in [-0.1, -0.05) is 26.8 Å². The van der Waals surface area contributed by atoms with Crippen molar-refractivity contribution in [1.82, 2.24) is 25.2 Å². The van der Waals surface area contributed by atoms with Gasteiger partial charge in [0.2, 0.25) is 0 Å². The summed E-state index contributed by atoms with van der Waals surface area (Å²) in [6.45, 7) is 6.46. The van der Waals surface area contributed by atoms with Crippen LogP contribution in [0, 0.1) is 0 Å². The van der Waals surface area contributed by atoms with Crippen molar-refractivity contribution in [2.24, 2.45) is 0 Å². The molecule has 0 aromatic carbocycles. The molecule has 0 atom stereocenters. The maximum atomic E-state index is 4.31. The second kappa shape index (κ2) is 3.42. The van der Waals surface area contributed by atoms with Crippen LogP contribution in [0.2, 0.25) is 0 Å². The van der Waals surface area contributed by atoms with Gasteiger partial charge in [0.15, 0.2) is 5.82 Å². The van der Waals surface area contributed by atoms with Crippen molar-refractivity contribution in [2.45, 2.75) is 26.2 Å². The predicted molar refractivity (Wildman–Crippen MR) is 55.6 cm³/mol. The summed E-state index contributed by atoms with van der Waals surface area (Å²) in [5.74, 6) is 0.730. The van der Waals surface area contributed by atoms with Crippen LogP contribution in [0.25, 0.3) is 5.82 Å². The summed E-state index contributed by atoms with van der Waals surface area (Å²) in [4.78, 5) is 4.31. The Bertz CT molecular complexity index is 424. The first-order valence-corrected chi connectivity index (χ1v) is 4.77. The summed E-state index contributed by atoms with van der Waals surface area (Å²) in [6.07, 6.45) is 3.39. The third-order valence-corrected chi connectivity index (χ3v) is 2.20. The van der Waals surface area contributed by atoms with Gasteiger partial charge in [-0.3, -0.25) is 0 Å². The molecule has 2 rings (SSSR count). The molecule has 2 heterocycles. The van der Waals surface area contributed by atoms with Crippen molar-refractivity contribution >= 4 is 0 Å². The van der Waals surface area contributed by atoms with Gasteiger partial charge in [-0.05, 0) is 27.5 Å². The van der Waals surface area contributed by atoms with Crippen molar-refractivity contribution in [3.63, 3.8) is 0 Å². The quantitative estimate of drug-likeness (QED) is 0.702. The Morgan fingerprint density at radius 3 is 2.47 bits per heavy atom. The monoisotopic (exact) mass is 203 g/mol. The molecule has 15 heavy (non-hydrogen) atoms. The van der Waals surface area contributed by atoms with E-state index in [0.717, 1.165) is 5.82 Å². The van der Waals surface area contributed by atoms with Crippen molar-refractivity contribution in [2.75, 3.05) is 0 Å². The zero-order chi connectivity index (χ0) is 10.9. The smallest absolute Gasteiger partial charge is 0.156 e. The second-order valence-corrected chi connectivity index (χ2v) is 4.41. The highest BCUT2D eigenvalue weighted by atomic mass is 15.5. The summed E-state index contributed by atoms with van der Waals surface area (Å²) in [7, 11) is 0. The largest absolute Gasteiger partial charge is 0.237 e. The molecule has 0 aliphatic rings. The van der Waals surface area contributed by atoms with Crippen molar-refractivity contribution in [1.29, 1.82) is 0 Å². The first-order chi connectivity index (χ1) is 7.07. The molecule has 2 aromatic heterocycles. The molecular formula is C10H13N5. The lowest BCUT2D eigenvalue weighted by Crippen LogP contribution is -2.12. The van der Waals surface area contributed by atoms with Gasteiger partial charge in [0.25, 0.3) is 0 Å². The molecule has 0 amide bonds. The first-order valence-electron chi connectivity index (χ1n) is 4.77. The molecule has 0 spiro atoms. The molecule has 2 aromatic rings. The van der Waals surface area contributed by atoms with Crippen LogP contribution in [0.5, 0.6) is 0 Å². The van der Waals surface area contributed by atoms with Crippen LogP contribution in [0.4, 0.5) is 0 Å². The highest BCUT2D eigenvalue weighted by molar-refractivity contribution is 5.27. The van der Waals surface area contributed by atoms with Crippen molar-refractivity contribution in [3.8, 4) is 5.82 Å². The normalized spacial score (nSPS) is 11.7. The van der Waals surface area contributed by atoms with Crippen molar-refractivity contribution in [3.05, 3.63) is 30.2 Å². The number of pyridine rings is 1. The number of rotatable bonds is 1. The molecule has 0 aliphatic heterocycles. The van der Waals surface area contributed by atoms with Gasteiger partial charge in [-0.25, -0.2) is 4.98 Å². The Morgan fingerprint density at radius 2 is 2.00 bits per heavy atom. The van der Waals surface area contributed by atoms with Crippen LogP contribution in [0.15, 0.2) is 24.7 Å². The van der Waals surface area contributed by atoms with Gasteiger partial charge in [0.05, 0.1) is 0 Å². The fourth-order valence-corrected chi connectivity index (χ4v) is 1.23. The van der Waals surface area contributed by atoms with Crippen LogP contribution in [0.3, 0.4) is 0 Å². The zero-order valence-corrected chi connectivity index (χ0v) is 9.05. The van der Waals surface area contributed by atoms with Gasteiger partial charge >= 0.3 is 0 Å². The summed E-state index contributed by atoms with van der Waals surface area (Å²) in [5, 5.41) is 10.9. The third-order valence-electron chi connectivity index (χ3n) is 2.20. The highest BCUT2D eigenvalue weighted by Gasteiger charge is 2.13. The number of hydrogen-bond acceptors (Lipinski definition) is 4. The maximum Gasteiger partial charge on any atom is 0.156 e. The van der Waals surface area contributed by atoms with Gasteiger partial charge in [-0.15, -0.1) is 5.10 Å². The van der Waals surface area contributed by atoms with Crippen LogP contribution in [0.1, 0.15) is 26.3 Å². The molecule has 5 heteroatoms. The SMILES string of the molecule is CC(C)(C)c1ccc(-n2cnnn2)nc1. The molecule has 78 valence electrons. The van der Waals surface area contributed by atoms with Gasteiger partial charge in [0.1, 0.15) is 6.33 Å². The zero-order valence-electron chi connectivity index (χ0n) is 9.05. The minimum absolute atomic E-state index is 0.117. The number of tetrazole rings is 1. The van der Waals surface area contributed by atoms with Crippen LogP contribution < -0.4 is 0 Å². The van der Waals surface area contributed by atoms with E-state index >= 15 is 0 Å². The van der Waals surface area contributed by atoms with Gasteiger partial charge in [-0.2, -0.15) is 4.68 Å². The lowest BCUT2D eigenvalue weighted by Gasteiger charge is -2.18. The Kier molecular flexibility index (Phi) is 2.22. The molecule has 5 nitrogen and oxygen atoms in total. The average Bonchev–Trinajstić information content (AvgIpc) is 2.69. The number of aromatic nitrogens is 5. The topological polar surface area (TPSA) is 56.5 Å². The Hall–Kier alpha value is -1.78. The van der Waals surface area contributed by atoms with E-state index in [0.29, 0.717) is 0 Å². The molecular weight excluding hydrogens is 190 g/mol. The highest BCUT2D eigenvalue weighted by Crippen LogP contribution is 2.21. The number of nitrogens with zero attached hydrogens (tertiary/aromatic N) is 5. The maximum absolute atomic E-state index is 4.31. The molecule has 0 saturated heterocycles. The molecule has 0 radical (unpaired) electrons. The van der Waals surface area contributed by atoms with Crippen molar-refractivity contribution < 1.29 is 0 Å².